The number of aliphatic hydroxyl groups is 1. The maximum atomic E-state index is 10.5. The van der Waals surface area contributed by atoms with Crippen molar-refractivity contribution in [2.24, 2.45) is 0 Å². The van der Waals surface area contributed by atoms with Gasteiger partial charge in [-0.25, -0.2) is 0 Å². The Morgan fingerprint density at radius 3 is 2.52 bits per heavy atom. The van der Waals surface area contributed by atoms with Crippen LogP contribution in [-0.2, 0) is 6.54 Å². The Kier molecular flexibility index (Phi) is 5.35. The lowest BCUT2D eigenvalue weighted by Gasteiger charge is -2.34. The van der Waals surface area contributed by atoms with Gasteiger partial charge < -0.3 is 10.0 Å². The Balaban J connectivity index is 1.46. The molecule has 0 fully saturated rings. The molecule has 0 saturated heterocycles. The van der Waals surface area contributed by atoms with E-state index in [0.29, 0.717) is 0 Å². The molecule has 0 saturated carbocycles. The number of nitrogens with zero attached hydrogens (tertiary/aromatic N) is 2. The van der Waals surface area contributed by atoms with Crippen LogP contribution in [0.5, 0.6) is 0 Å². The molecule has 0 bridgehead atoms. The molecule has 2 aliphatic heterocycles. The van der Waals surface area contributed by atoms with Crippen molar-refractivity contribution < 1.29 is 5.11 Å². The molecule has 0 aromatic heterocycles. The molecule has 4 rings (SSSR count). The number of rotatable bonds is 3. The summed E-state index contributed by atoms with van der Waals surface area (Å²) in [7, 11) is 0. The summed E-state index contributed by atoms with van der Waals surface area (Å²) in [6.07, 6.45) is 1.29. The van der Waals surface area contributed by atoms with E-state index in [-0.39, 0.29) is 0 Å². The molecule has 2 aromatic rings. The molecular weight excluding hydrogens is 352 g/mol. The number of thioether (sulfide) groups is 1. The smallest absolute Gasteiger partial charge is 0.148 e. The van der Waals surface area contributed by atoms with E-state index >= 15 is 0 Å². The predicted molar refractivity (Wildman–Crippen MR) is 111 cm³/mol. The lowest BCUT2D eigenvalue weighted by molar-refractivity contribution is 0.187. The molecule has 0 amide bonds. The fourth-order valence-corrected chi connectivity index (χ4v) is 4.37. The van der Waals surface area contributed by atoms with E-state index in [1.807, 2.05) is 42.6 Å². The van der Waals surface area contributed by atoms with Gasteiger partial charge in [-0.3, -0.25) is 4.90 Å². The Morgan fingerprint density at radius 2 is 1.78 bits per heavy atom. The van der Waals surface area contributed by atoms with Crippen LogP contribution >= 0.6 is 11.8 Å². The van der Waals surface area contributed by atoms with Gasteiger partial charge in [0.05, 0.1) is 11.7 Å². The van der Waals surface area contributed by atoms with Crippen molar-refractivity contribution in [2.45, 2.75) is 19.6 Å². The first kappa shape index (κ1) is 17.9. The van der Waals surface area contributed by atoms with Gasteiger partial charge >= 0.3 is 0 Å². The summed E-state index contributed by atoms with van der Waals surface area (Å²) in [6.45, 7) is 4.87. The third-order valence-electron chi connectivity index (χ3n) is 4.58. The van der Waals surface area contributed by atoms with Crippen LogP contribution in [-0.4, -0.2) is 34.2 Å². The Morgan fingerprint density at radius 1 is 1.07 bits per heavy atom. The number of benzene rings is 2. The maximum absolute atomic E-state index is 10.5. The number of fused-ring (bicyclic) bond motifs is 1. The Labute approximate surface area is 165 Å². The van der Waals surface area contributed by atoms with Crippen LogP contribution in [0.15, 0.2) is 82.4 Å². The fourth-order valence-electron chi connectivity index (χ4n) is 3.33. The zero-order chi connectivity index (χ0) is 18.6. The molecule has 0 spiro atoms. The summed E-state index contributed by atoms with van der Waals surface area (Å²) in [5, 5.41) is 11.8. The first-order chi connectivity index (χ1) is 13.2. The standard InChI is InChI=1S/C23H22N2OS/c1-18-14-24(15-20-10-6-3-7-11-20)17-25-16-22(27-23(18)25)21(26)13-12-19-8-4-2-5-9-19/h2-11,16,21,26H,14-15,17H2,1H3. The van der Waals surface area contributed by atoms with Crippen LogP contribution in [0.25, 0.3) is 0 Å². The first-order valence-corrected chi connectivity index (χ1v) is 9.87. The lowest BCUT2D eigenvalue weighted by atomic mass is 10.2. The van der Waals surface area contributed by atoms with Gasteiger partial charge in [0.15, 0.2) is 0 Å². The lowest BCUT2D eigenvalue weighted by Crippen LogP contribution is -2.38. The molecule has 2 heterocycles. The summed E-state index contributed by atoms with van der Waals surface area (Å²) in [5.74, 6) is 6.03. The summed E-state index contributed by atoms with van der Waals surface area (Å²) in [4.78, 5) is 5.54. The summed E-state index contributed by atoms with van der Waals surface area (Å²) >= 11 is 1.64. The molecule has 27 heavy (non-hydrogen) atoms. The molecule has 3 nitrogen and oxygen atoms in total. The van der Waals surface area contributed by atoms with E-state index in [2.05, 4.69) is 52.8 Å². The molecule has 2 aliphatic rings. The van der Waals surface area contributed by atoms with Crippen molar-refractivity contribution in [3.63, 3.8) is 0 Å². The van der Waals surface area contributed by atoms with Crippen molar-refractivity contribution >= 4 is 11.8 Å². The van der Waals surface area contributed by atoms with Crippen molar-refractivity contribution in [2.75, 3.05) is 13.2 Å². The minimum absolute atomic E-state index is 0.760. The molecule has 136 valence electrons. The van der Waals surface area contributed by atoms with Gasteiger partial charge in [0.2, 0.25) is 0 Å². The molecule has 0 radical (unpaired) electrons. The molecule has 1 atom stereocenters. The molecule has 1 N–H and O–H groups in total. The quantitative estimate of drug-likeness (QED) is 0.822. The monoisotopic (exact) mass is 374 g/mol. The van der Waals surface area contributed by atoms with Crippen LogP contribution in [0.4, 0.5) is 0 Å². The third-order valence-corrected chi connectivity index (χ3v) is 5.92. The number of hydrogen-bond acceptors (Lipinski definition) is 4. The van der Waals surface area contributed by atoms with Gasteiger partial charge in [0.25, 0.3) is 0 Å². The SMILES string of the molecule is CC1=C2SC(C(O)C#Cc3ccccc3)=CN2CN(Cc2ccccc2)C1. The van der Waals surface area contributed by atoms with E-state index in [1.54, 1.807) is 11.8 Å². The average molecular weight is 375 g/mol. The zero-order valence-electron chi connectivity index (χ0n) is 15.3. The number of aliphatic hydroxyl groups excluding tert-OH is 1. The average Bonchev–Trinajstić information content (AvgIpc) is 3.13. The second-order valence-electron chi connectivity index (χ2n) is 6.84. The second kappa shape index (κ2) is 8.06. The van der Waals surface area contributed by atoms with Crippen molar-refractivity contribution in [3.8, 4) is 11.8 Å². The van der Waals surface area contributed by atoms with Crippen LogP contribution in [0, 0.1) is 11.8 Å². The van der Waals surface area contributed by atoms with Crippen molar-refractivity contribution in [1.29, 1.82) is 0 Å². The second-order valence-corrected chi connectivity index (χ2v) is 7.90. The predicted octanol–water partition coefficient (Wildman–Crippen LogP) is 3.99. The van der Waals surface area contributed by atoms with Gasteiger partial charge in [-0.05, 0) is 30.2 Å². The largest absolute Gasteiger partial charge is 0.375 e. The van der Waals surface area contributed by atoms with Crippen LogP contribution in [0.3, 0.4) is 0 Å². The van der Waals surface area contributed by atoms with Crippen molar-refractivity contribution in [1.82, 2.24) is 9.80 Å². The van der Waals surface area contributed by atoms with E-state index in [9.17, 15) is 5.11 Å². The van der Waals surface area contributed by atoms with Gasteiger partial charge in [-0.1, -0.05) is 72.1 Å². The summed E-state index contributed by atoms with van der Waals surface area (Å²) in [5.41, 5.74) is 3.57. The van der Waals surface area contributed by atoms with E-state index in [1.165, 1.54) is 16.2 Å². The number of hydrogen-bond donors (Lipinski definition) is 1. The molecule has 4 heteroatoms. The Hall–Kier alpha value is -2.45. The van der Waals surface area contributed by atoms with Crippen LogP contribution in [0.2, 0.25) is 0 Å². The highest BCUT2D eigenvalue weighted by molar-refractivity contribution is 8.07. The highest BCUT2D eigenvalue weighted by Crippen LogP contribution is 2.41. The third kappa shape index (κ3) is 4.28. The van der Waals surface area contributed by atoms with Gasteiger partial charge in [0, 0.05) is 29.8 Å². The van der Waals surface area contributed by atoms with Gasteiger partial charge in [0.1, 0.15) is 6.10 Å². The molecule has 2 aromatic carbocycles. The Bertz CT molecular complexity index is 925. The highest BCUT2D eigenvalue weighted by atomic mass is 32.2. The highest BCUT2D eigenvalue weighted by Gasteiger charge is 2.30. The van der Waals surface area contributed by atoms with Crippen molar-refractivity contribution in [3.05, 3.63) is 93.5 Å². The topological polar surface area (TPSA) is 26.7 Å². The molecular formula is C23H22N2OS. The maximum Gasteiger partial charge on any atom is 0.148 e. The molecule has 1 unspecified atom stereocenters. The van der Waals surface area contributed by atoms with E-state index in [0.717, 1.165) is 30.2 Å². The summed E-state index contributed by atoms with van der Waals surface area (Å²) in [6, 6.07) is 20.3. The van der Waals surface area contributed by atoms with E-state index < -0.39 is 6.10 Å². The zero-order valence-corrected chi connectivity index (χ0v) is 16.1. The van der Waals surface area contributed by atoms with Crippen LogP contribution in [0.1, 0.15) is 18.1 Å². The van der Waals surface area contributed by atoms with E-state index in [4.69, 9.17) is 0 Å². The fraction of sp³-hybridized carbons (Fsp3) is 0.217. The normalized spacial score (nSPS) is 17.9. The van der Waals surface area contributed by atoms with Crippen LogP contribution < -0.4 is 0 Å². The first-order valence-electron chi connectivity index (χ1n) is 9.06. The summed E-state index contributed by atoms with van der Waals surface area (Å²) < 4.78 is 0. The van der Waals surface area contributed by atoms with Gasteiger partial charge in [-0.15, -0.1) is 0 Å². The molecule has 0 aliphatic carbocycles. The minimum Gasteiger partial charge on any atom is -0.375 e. The van der Waals surface area contributed by atoms with Gasteiger partial charge in [-0.2, -0.15) is 0 Å². The minimum atomic E-state index is -0.760.